The van der Waals surface area contributed by atoms with Crippen molar-refractivity contribution in [3.8, 4) is 0 Å². The number of nitrogens with zero attached hydrogens (tertiary/aromatic N) is 2. The number of hydrogen-bond donors (Lipinski definition) is 3. The Labute approximate surface area is 208 Å². The molecule has 1 unspecified atom stereocenters. The van der Waals surface area contributed by atoms with Crippen LogP contribution in [0.2, 0.25) is 0 Å². The minimum Gasteiger partial charge on any atom is -0.444 e. The molecule has 1 heterocycles. The highest BCUT2D eigenvalue weighted by Crippen LogP contribution is 2.22. The zero-order valence-electron chi connectivity index (χ0n) is 20.0. The number of alkyl carbamates (subject to hydrolysis) is 1. The van der Waals surface area contributed by atoms with E-state index >= 15 is 0 Å². The Bertz CT molecular complexity index is 870. The number of carbonyl (C=O) groups is 1. The molecule has 1 atom stereocenters. The highest BCUT2D eigenvalue weighted by atomic mass is 127. The molecular weight excluding hydrogens is 521 g/mol. The van der Waals surface area contributed by atoms with Crippen LogP contribution in [0.25, 0.3) is 0 Å². The maximum absolute atomic E-state index is 12.3. The van der Waals surface area contributed by atoms with Crippen LogP contribution in [0.1, 0.15) is 64.8 Å². The molecule has 9 heteroatoms. The summed E-state index contributed by atoms with van der Waals surface area (Å²) in [4.78, 5) is 20.9. The van der Waals surface area contributed by atoms with Crippen molar-refractivity contribution in [1.82, 2.24) is 20.9 Å². The van der Waals surface area contributed by atoms with E-state index in [1.54, 1.807) is 13.2 Å². The van der Waals surface area contributed by atoms with E-state index in [4.69, 9.17) is 9.15 Å². The van der Waals surface area contributed by atoms with Gasteiger partial charge in [0.05, 0.1) is 18.8 Å². The van der Waals surface area contributed by atoms with Crippen LogP contribution in [0.3, 0.4) is 0 Å². The third-order valence-electron chi connectivity index (χ3n) is 4.29. The summed E-state index contributed by atoms with van der Waals surface area (Å²) < 4.78 is 11.2. The topological polar surface area (TPSA) is 101 Å². The van der Waals surface area contributed by atoms with Crippen LogP contribution >= 0.6 is 24.0 Å². The zero-order valence-corrected chi connectivity index (χ0v) is 22.3. The van der Waals surface area contributed by atoms with E-state index in [-0.39, 0.29) is 35.4 Å². The van der Waals surface area contributed by atoms with E-state index < -0.39 is 11.7 Å². The van der Waals surface area contributed by atoms with Gasteiger partial charge in [-0.15, -0.1) is 24.0 Å². The summed E-state index contributed by atoms with van der Waals surface area (Å²) in [5.41, 5.74) is 0.290. The van der Waals surface area contributed by atoms with Gasteiger partial charge in [-0.3, -0.25) is 4.99 Å². The standard InChI is InChI=1S/C23H35N5O3.HI/c1-22(2,3)18-14-25-19(30-18)15-27-20(24-7)26-13-17(16-11-9-8-10-12-16)28-21(29)31-23(4,5)6;/h8-12,14,17H,13,15H2,1-7H3,(H,28,29)(H2,24,26,27);1H. The largest absolute Gasteiger partial charge is 0.444 e. The van der Waals surface area contributed by atoms with Gasteiger partial charge in [0.2, 0.25) is 5.89 Å². The van der Waals surface area contributed by atoms with E-state index in [9.17, 15) is 4.79 Å². The molecule has 0 radical (unpaired) electrons. The average molecular weight is 557 g/mol. The minimum atomic E-state index is -0.571. The second-order valence-corrected chi connectivity index (χ2v) is 9.28. The van der Waals surface area contributed by atoms with Gasteiger partial charge in [0.1, 0.15) is 11.4 Å². The molecule has 2 rings (SSSR count). The van der Waals surface area contributed by atoms with Crippen LogP contribution < -0.4 is 16.0 Å². The number of nitrogens with one attached hydrogen (secondary N) is 3. The lowest BCUT2D eigenvalue weighted by Crippen LogP contribution is -2.44. The second-order valence-electron chi connectivity index (χ2n) is 9.28. The first-order valence-electron chi connectivity index (χ1n) is 10.4. The molecule has 0 aliphatic rings. The number of halogens is 1. The van der Waals surface area contributed by atoms with Gasteiger partial charge >= 0.3 is 6.09 Å². The SMILES string of the molecule is CN=C(NCc1ncc(C(C)(C)C)o1)NCC(NC(=O)OC(C)(C)C)c1ccccc1.I. The number of oxazole rings is 1. The lowest BCUT2D eigenvalue weighted by Gasteiger charge is -2.24. The van der Waals surface area contributed by atoms with Gasteiger partial charge in [-0.1, -0.05) is 51.1 Å². The Kier molecular flexibility index (Phi) is 10.5. The summed E-state index contributed by atoms with van der Waals surface area (Å²) >= 11 is 0. The molecule has 0 saturated heterocycles. The summed E-state index contributed by atoms with van der Waals surface area (Å²) in [5.74, 6) is 1.99. The smallest absolute Gasteiger partial charge is 0.408 e. The van der Waals surface area contributed by atoms with Crippen molar-refractivity contribution in [1.29, 1.82) is 0 Å². The van der Waals surface area contributed by atoms with Crippen LogP contribution in [0, 0.1) is 0 Å². The Balaban J connectivity index is 0.00000512. The van der Waals surface area contributed by atoms with E-state index in [0.29, 0.717) is 24.9 Å². The number of benzene rings is 1. The van der Waals surface area contributed by atoms with Crippen molar-refractivity contribution in [2.75, 3.05) is 13.6 Å². The van der Waals surface area contributed by atoms with Crippen LogP contribution in [0.15, 0.2) is 45.9 Å². The molecule has 1 aromatic heterocycles. The fourth-order valence-electron chi connectivity index (χ4n) is 2.70. The number of aliphatic imine (C=N–C) groups is 1. The minimum absolute atomic E-state index is 0. The summed E-state index contributed by atoms with van der Waals surface area (Å²) in [6.07, 6.45) is 1.28. The van der Waals surface area contributed by atoms with Crippen molar-refractivity contribution < 1.29 is 13.9 Å². The maximum Gasteiger partial charge on any atom is 0.408 e. The normalized spacial score (nSPS) is 13.0. The summed E-state index contributed by atoms with van der Waals surface area (Å²) in [7, 11) is 1.68. The van der Waals surface area contributed by atoms with Crippen molar-refractivity contribution in [3.63, 3.8) is 0 Å². The molecule has 0 aliphatic carbocycles. The van der Waals surface area contributed by atoms with Crippen LogP contribution in [-0.4, -0.2) is 36.2 Å². The second kappa shape index (κ2) is 12.1. The molecule has 0 saturated carbocycles. The van der Waals surface area contributed by atoms with Gasteiger partial charge < -0.3 is 25.1 Å². The quantitative estimate of drug-likeness (QED) is 0.275. The molecule has 0 bridgehead atoms. The molecule has 8 nitrogen and oxygen atoms in total. The number of hydrogen-bond acceptors (Lipinski definition) is 5. The lowest BCUT2D eigenvalue weighted by atomic mass is 9.94. The molecule has 0 spiro atoms. The van der Waals surface area contributed by atoms with Gasteiger partial charge in [0, 0.05) is 19.0 Å². The van der Waals surface area contributed by atoms with Crippen LogP contribution in [0.5, 0.6) is 0 Å². The van der Waals surface area contributed by atoms with Gasteiger partial charge in [-0.25, -0.2) is 9.78 Å². The maximum atomic E-state index is 12.3. The lowest BCUT2D eigenvalue weighted by molar-refractivity contribution is 0.0504. The number of ether oxygens (including phenoxy) is 1. The summed E-state index contributed by atoms with van der Waals surface area (Å²) in [5, 5.41) is 9.36. The predicted molar refractivity (Wildman–Crippen MR) is 137 cm³/mol. The van der Waals surface area contributed by atoms with Crippen molar-refractivity contribution in [3.05, 3.63) is 53.7 Å². The number of guanidine groups is 1. The van der Waals surface area contributed by atoms with Gasteiger partial charge in [-0.2, -0.15) is 0 Å². The fraction of sp³-hybridized carbons (Fsp3) is 0.522. The first kappa shape index (κ1) is 27.7. The average Bonchev–Trinajstić information content (AvgIpc) is 3.16. The highest BCUT2D eigenvalue weighted by molar-refractivity contribution is 14.0. The first-order valence-corrected chi connectivity index (χ1v) is 10.4. The van der Waals surface area contributed by atoms with E-state index in [1.165, 1.54) is 0 Å². The van der Waals surface area contributed by atoms with Gasteiger partial charge in [0.25, 0.3) is 0 Å². The predicted octanol–water partition coefficient (Wildman–Crippen LogP) is 4.52. The third kappa shape index (κ3) is 9.46. The molecule has 2 aromatic rings. The fourth-order valence-corrected chi connectivity index (χ4v) is 2.70. The molecule has 1 amide bonds. The molecule has 178 valence electrons. The Morgan fingerprint density at radius 2 is 1.78 bits per heavy atom. The Morgan fingerprint density at radius 3 is 2.31 bits per heavy atom. The number of carbonyl (C=O) groups excluding carboxylic acids is 1. The van der Waals surface area contributed by atoms with E-state index in [0.717, 1.165) is 11.3 Å². The number of rotatable bonds is 6. The van der Waals surface area contributed by atoms with E-state index in [2.05, 4.69) is 46.7 Å². The van der Waals surface area contributed by atoms with Crippen molar-refractivity contribution in [2.24, 2.45) is 4.99 Å². The van der Waals surface area contributed by atoms with Gasteiger partial charge in [0.15, 0.2) is 5.96 Å². The molecule has 0 fully saturated rings. The summed E-state index contributed by atoms with van der Waals surface area (Å²) in [6, 6.07) is 9.41. The molecule has 0 aliphatic heterocycles. The van der Waals surface area contributed by atoms with Crippen LogP contribution in [-0.2, 0) is 16.7 Å². The zero-order chi connectivity index (χ0) is 23.1. The Hall–Kier alpha value is -2.30. The summed E-state index contributed by atoms with van der Waals surface area (Å²) in [6.45, 7) is 12.5. The first-order chi connectivity index (χ1) is 14.5. The molecule has 32 heavy (non-hydrogen) atoms. The van der Waals surface area contributed by atoms with Crippen LogP contribution in [0.4, 0.5) is 4.79 Å². The Morgan fingerprint density at radius 1 is 1.12 bits per heavy atom. The molecular formula is C23H36IN5O3. The highest BCUT2D eigenvalue weighted by Gasteiger charge is 2.21. The molecule has 3 N–H and O–H groups in total. The van der Waals surface area contributed by atoms with E-state index in [1.807, 2.05) is 51.1 Å². The van der Waals surface area contributed by atoms with Crippen molar-refractivity contribution in [2.45, 2.75) is 65.1 Å². The van der Waals surface area contributed by atoms with Gasteiger partial charge in [-0.05, 0) is 26.3 Å². The third-order valence-corrected chi connectivity index (χ3v) is 4.29. The molecule has 1 aromatic carbocycles. The van der Waals surface area contributed by atoms with Crippen molar-refractivity contribution >= 4 is 36.0 Å². The number of aromatic nitrogens is 1. The number of amides is 1. The monoisotopic (exact) mass is 557 g/mol.